The summed E-state index contributed by atoms with van der Waals surface area (Å²) in [5.41, 5.74) is 2.85. The van der Waals surface area contributed by atoms with E-state index >= 15 is 0 Å². The van der Waals surface area contributed by atoms with Crippen LogP contribution in [0.25, 0.3) is 22.6 Å². The summed E-state index contributed by atoms with van der Waals surface area (Å²) in [6.07, 6.45) is 1.82. The topological polar surface area (TPSA) is 13.1 Å². The molecule has 70 valence electrons. The first kappa shape index (κ1) is 8.82. The number of para-hydroxylation sites is 1. The quantitative estimate of drug-likeness (QED) is 0.684. The lowest BCUT2D eigenvalue weighted by Gasteiger charge is -1.94. The lowest BCUT2D eigenvalue weighted by atomic mass is 10.1. The number of allylic oxidation sites excluding steroid dienone is 1. The first-order chi connectivity index (χ1) is 6.74. The van der Waals surface area contributed by atoms with Crippen molar-refractivity contribution in [3.05, 3.63) is 48.7 Å². The van der Waals surface area contributed by atoms with Crippen LogP contribution in [0, 0.1) is 0 Å². The second-order valence-electron chi connectivity index (χ2n) is 3.33. The molecule has 1 aromatic heterocycles. The zero-order valence-electron chi connectivity index (χ0n) is 8.21. The molecule has 1 aromatic carbocycles. The maximum Gasteiger partial charge on any atom is 0.137 e. The van der Waals surface area contributed by atoms with Gasteiger partial charge in [0.05, 0.1) is 0 Å². The SMILES string of the molecule is C=Cc1c(C(=C)C)oc2ccccc12. The number of hydrogen-bond donors (Lipinski definition) is 0. The van der Waals surface area contributed by atoms with Crippen molar-refractivity contribution in [3.63, 3.8) is 0 Å². The standard InChI is InChI=1S/C13H12O/c1-4-10-11-7-5-6-8-12(11)14-13(10)9(2)3/h4-8H,1-2H2,3H3. The zero-order valence-corrected chi connectivity index (χ0v) is 8.21. The van der Waals surface area contributed by atoms with Gasteiger partial charge in [-0.05, 0) is 18.6 Å². The Morgan fingerprint density at radius 3 is 2.71 bits per heavy atom. The van der Waals surface area contributed by atoms with E-state index in [4.69, 9.17) is 4.42 Å². The summed E-state index contributed by atoms with van der Waals surface area (Å²) in [5, 5.41) is 1.10. The van der Waals surface area contributed by atoms with Crippen LogP contribution in [-0.2, 0) is 0 Å². The molecule has 0 saturated carbocycles. The van der Waals surface area contributed by atoms with E-state index in [1.807, 2.05) is 37.3 Å². The van der Waals surface area contributed by atoms with Gasteiger partial charge in [-0.2, -0.15) is 0 Å². The van der Waals surface area contributed by atoms with Gasteiger partial charge in [0.15, 0.2) is 0 Å². The van der Waals surface area contributed by atoms with Gasteiger partial charge in [-0.15, -0.1) is 0 Å². The van der Waals surface area contributed by atoms with E-state index < -0.39 is 0 Å². The fourth-order valence-corrected chi connectivity index (χ4v) is 1.59. The fourth-order valence-electron chi connectivity index (χ4n) is 1.59. The van der Waals surface area contributed by atoms with Gasteiger partial charge in [0.25, 0.3) is 0 Å². The minimum Gasteiger partial charge on any atom is -0.456 e. The molecule has 14 heavy (non-hydrogen) atoms. The molecule has 1 nitrogen and oxygen atoms in total. The van der Waals surface area contributed by atoms with Crippen molar-refractivity contribution in [1.82, 2.24) is 0 Å². The smallest absolute Gasteiger partial charge is 0.137 e. The van der Waals surface area contributed by atoms with Crippen LogP contribution in [0.2, 0.25) is 0 Å². The maximum absolute atomic E-state index is 5.68. The molecule has 0 aliphatic rings. The molecule has 0 aliphatic heterocycles. The van der Waals surface area contributed by atoms with E-state index in [0.717, 1.165) is 27.9 Å². The molecule has 2 rings (SSSR count). The third kappa shape index (κ3) is 1.18. The minimum absolute atomic E-state index is 0.834. The van der Waals surface area contributed by atoms with Gasteiger partial charge in [0.2, 0.25) is 0 Å². The average molecular weight is 184 g/mol. The summed E-state index contributed by atoms with van der Waals surface area (Å²) in [6.45, 7) is 9.62. The van der Waals surface area contributed by atoms with Crippen LogP contribution < -0.4 is 0 Å². The highest BCUT2D eigenvalue weighted by molar-refractivity contribution is 5.91. The maximum atomic E-state index is 5.68. The van der Waals surface area contributed by atoms with Crippen LogP contribution in [0.3, 0.4) is 0 Å². The summed E-state index contributed by atoms with van der Waals surface area (Å²) >= 11 is 0. The second kappa shape index (κ2) is 3.18. The van der Waals surface area contributed by atoms with Crippen LogP contribution in [0.15, 0.2) is 41.8 Å². The van der Waals surface area contributed by atoms with Gasteiger partial charge in [-0.3, -0.25) is 0 Å². The number of furan rings is 1. The van der Waals surface area contributed by atoms with Crippen molar-refractivity contribution in [1.29, 1.82) is 0 Å². The van der Waals surface area contributed by atoms with E-state index in [2.05, 4.69) is 13.2 Å². The lowest BCUT2D eigenvalue weighted by Crippen LogP contribution is -1.76. The number of rotatable bonds is 2. The van der Waals surface area contributed by atoms with Crippen LogP contribution in [0.4, 0.5) is 0 Å². The van der Waals surface area contributed by atoms with Crippen molar-refractivity contribution in [2.24, 2.45) is 0 Å². The molecule has 0 spiro atoms. The summed E-state index contributed by atoms with van der Waals surface area (Å²) in [5.74, 6) is 0.834. The summed E-state index contributed by atoms with van der Waals surface area (Å²) in [6, 6.07) is 7.94. The molecule has 0 fully saturated rings. The van der Waals surface area contributed by atoms with Crippen molar-refractivity contribution in [3.8, 4) is 0 Å². The van der Waals surface area contributed by atoms with E-state index in [9.17, 15) is 0 Å². The summed E-state index contributed by atoms with van der Waals surface area (Å²) in [4.78, 5) is 0. The molecule has 1 heteroatoms. The Hall–Kier alpha value is -1.76. The Balaban J connectivity index is 2.85. The first-order valence-electron chi connectivity index (χ1n) is 4.54. The van der Waals surface area contributed by atoms with Crippen LogP contribution in [0.5, 0.6) is 0 Å². The normalized spacial score (nSPS) is 10.4. The number of hydrogen-bond acceptors (Lipinski definition) is 1. The Bertz CT molecular complexity index is 503. The summed E-state index contributed by atoms with van der Waals surface area (Å²) in [7, 11) is 0. The monoisotopic (exact) mass is 184 g/mol. The molecule has 0 bridgehead atoms. The average Bonchev–Trinajstić information content (AvgIpc) is 2.56. The fraction of sp³-hybridized carbons (Fsp3) is 0.0769. The van der Waals surface area contributed by atoms with Gasteiger partial charge >= 0.3 is 0 Å². The van der Waals surface area contributed by atoms with Gasteiger partial charge in [0, 0.05) is 10.9 Å². The highest BCUT2D eigenvalue weighted by Gasteiger charge is 2.10. The molecule has 0 radical (unpaired) electrons. The number of fused-ring (bicyclic) bond motifs is 1. The Morgan fingerprint density at radius 1 is 1.36 bits per heavy atom. The molecule has 0 aliphatic carbocycles. The lowest BCUT2D eigenvalue weighted by molar-refractivity contribution is 0.598. The molecular weight excluding hydrogens is 172 g/mol. The van der Waals surface area contributed by atoms with Gasteiger partial charge < -0.3 is 4.42 Å². The highest BCUT2D eigenvalue weighted by Crippen LogP contribution is 2.30. The largest absolute Gasteiger partial charge is 0.456 e. The van der Waals surface area contributed by atoms with Crippen LogP contribution in [-0.4, -0.2) is 0 Å². The number of benzene rings is 1. The van der Waals surface area contributed by atoms with E-state index in [1.165, 1.54) is 0 Å². The summed E-state index contributed by atoms with van der Waals surface area (Å²) < 4.78 is 5.68. The molecule has 0 N–H and O–H groups in total. The molecule has 0 unspecified atom stereocenters. The highest BCUT2D eigenvalue weighted by atomic mass is 16.3. The van der Waals surface area contributed by atoms with Crippen molar-refractivity contribution >= 4 is 22.6 Å². The van der Waals surface area contributed by atoms with Gasteiger partial charge in [-0.25, -0.2) is 0 Å². The first-order valence-corrected chi connectivity index (χ1v) is 4.54. The molecule has 0 atom stereocenters. The zero-order chi connectivity index (χ0) is 10.1. The Kier molecular flexibility index (Phi) is 2.01. The predicted octanol–water partition coefficient (Wildman–Crippen LogP) is 4.11. The van der Waals surface area contributed by atoms with Crippen LogP contribution in [0.1, 0.15) is 18.2 Å². The Morgan fingerprint density at radius 2 is 2.07 bits per heavy atom. The van der Waals surface area contributed by atoms with Crippen molar-refractivity contribution < 1.29 is 4.42 Å². The second-order valence-corrected chi connectivity index (χ2v) is 3.33. The van der Waals surface area contributed by atoms with Crippen LogP contribution >= 0.6 is 0 Å². The third-order valence-corrected chi connectivity index (χ3v) is 2.23. The predicted molar refractivity (Wildman–Crippen MR) is 61.0 cm³/mol. The minimum atomic E-state index is 0.834. The molecular formula is C13H12O. The van der Waals surface area contributed by atoms with E-state index in [0.29, 0.717) is 0 Å². The molecule has 2 aromatic rings. The third-order valence-electron chi connectivity index (χ3n) is 2.23. The van der Waals surface area contributed by atoms with E-state index in [-0.39, 0.29) is 0 Å². The molecule has 0 saturated heterocycles. The van der Waals surface area contributed by atoms with E-state index in [1.54, 1.807) is 0 Å². The van der Waals surface area contributed by atoms with Crippen molar-refractivity contribution in [2.75, 3.05) is 0 Å². The van der Waals surface area contributed by atoms with Crippen molar-refractivity contribution in [2.45, 2.75) is 6.92 Å². The molecule has 0 amide bonds. The Labute approximate surface area is 83.4 Å². The van der Waals surface area contributed by atoms with Gasteiger partial charge in [0.1, 0.15) is 11.3 Å². The van der Waals surface area contributed by atoms with Gasteiger partial charge in [-0.1, -0.05) is 37.4 Å². The molecule has 1 heterocycles.